The third-order valence-corrected chi connectivity index (χ3v) is 4.46. The van der Waals surface area contributed by atoms with Gasteiger partial charge in [0.15, 0.2) is 5.11 Å². The maximum Gasteiger partial charge on any atom is 0.337 e. The van der Waals surface area contributed by atoms with Crippen LogP contribution >= 0.6 is 12.2 Å². The molecule has 0 radical (unpaired) electrons. The van der Waals surface area contributed by atoms with Gasteiger partial charge in [0.05, 0.1) is 12.7 Å². The fourth-order valence-corrected chi connectivity index (χ4v) is 2.64. The number of benzene rings is 2. The molecule has 0 aliphatic heterocycles. The van der Waals surface area contributed by atoms with Gasteiger partial charge in [-0.15, -0.1) is 0 Å². The lowest BCUT2D eigenvalue weighted by Crippen LogP contribution is -2.20. The van der Waals surface area contributed by atoms with Crippen molar-refractivity contribution < 1.29 is 9.53 Å². The van der Waals surface area contributed by atoms with Gasteiger partial charge in [-0.25, -0.2) is 4.79 Å². The molecule has 2 aromatic carbocycles. The van der Waals surface area contributed by atoms with Crippen LogP contribution in [-0.2, 0) is 4.74 Å². The molecule has 5 heteroatoms. The van der Waals surface area contributed by atoms with Crippen molar-refractivity contribution in [2.75, 3.05) is 17.7 Å². The average molecular weight is 356 g/mol. The van der Waals surface area contributed by atoms with Crippen molar-refractivity contribution in [2.45, 2.75) is 33.1 Å². The van der Waals surface area contributed by atoms with Crippen LogP contribution in [0.2, 0.25) is 0 Å². The largest absolute Gasteiger partial charge is 0.465 e. The second-order valence-electron chi connectivity index (χ2n) is 6.03. The highest BCUT2D eigenvalue weighted by atomic mass is 32.1. The molecule has 0 saturated carbocycles. The Morgan fingerprint density at radius 1 is 1.16 bits per heavy atom. The van der Waals surface area contributed by atoms with Crippen molar-refractivity contribution in [3.8, 4) is 0 Å². The van der Waals surface area contributed by atoms with Gasteiger partial charge in [0.25, 0.3) is 0 Å². The van der Waals surface area contributed by atoms with E-state index in [9.17, 15) is 4.79 Å². The van der Waals surface area contributed by atoms with E-state index in [-0.39, 0.29) is 5.97 Å². The van der Waals surface area contributed by atoms with Crippen molar-refractivity contribution in [2.24, 2.45) is 0 Å². The Labute approximate surface area is 154 Å². The van der Waals surface area contributed by atoms with Crippen molar-refractivity contribution in [1.29, 1.82) is 0 Å². The first kappa shape index (κ1) is 18.9. The van der Waals surface area contributed by atoms with E-state index in [0.29, 0.717) is 16.6 Å². The number of nitrogens with one attached hydrogen (secondary N) is 2. The molecule has 0 unspecified atom stereocenters. The zero-order valence-corrected chi connectivity index (χ0v) is 15.9. The molecule has 0 bridgehead atoms. The molecule has 0 aliphatic rings. The van der Waals surface area contributed by atoms with Gasteiger partial charge < -0.3 is 15.4 Å². The molecule has 0 aliphatic carbocycles. The van der Waals surface area contributed by atoms with Crippen LogP contribution in [0.3, 0.4) is 0 Å². The quantitative estimate of drug-likeness (QED) is 0.576. The molecule has 25 heavy (non-hydrogen) atoms. The summed E-state index contributed by atoms with van der Waals surface area (Å²) in [5.41, 5.74) is 4.48. The molecule has 0 aromatic heterocycles. The first-order chi connectivity index (χ1) is 11.9. The molecular formula is C20H24N2O2S. The third kappa shape index (κ3) is 5.03. The van der Waals surface area contributed by atoms with E-state index in [1.54, 1.807) is 12.1 Å². The molecule has 0 heterocycles. The monoisotopic (exact) mass is 356 g/mol. The van der Waals surface area contributed by atoms with Gasteiger partial charge in [-0.05, 0) is 66.9 Å². The molecule has 2 N–H and O–H groups in total. The summed E-state index contributed by atoms with van der Waals surface area (Å²) in [6.07, 6.45) is 1.11. The van der Waals surface area contributed by atoms with Crippen molar-refractivity contribution >= 4 is 34.7 Å². The average Bonchev–Trinajstić information content (AvgIpc) is 2.62. The van der Waals surface area contributed by atoms with Crippen LogP contribution in [0.15, 0.2) is 42.5 Å². The predicted molar refractivity (Wildman–Crippen MR) is 108 cm³/mol. The first-order valence-electron chi connectivity index (χ1n) is 8.31. The van der Waals surface area contributed by atoms with Crippen LogP contribution in [0.4, 0.5) is 11.4 Å². The van der Waals surface area contributed by atoms with Crippen LogP contribution in [-0.4, -0.2) is 18.2 Å². The molecule has 132 valence electrons. The highest BCUT2D eigenvalue weighted by Gasteiger charge is 2.09. The van der Waals surface area contributed by atoms with Crippen LogP contribution in [0, 0.1) is 6.92 Å². The molecule has 0 fully saturated rings. The van der Waals surface area contributed by atoms with E-state index >= 15 is 0 Å². The van der Waals surface area contributed by atoms with Crippen molar-refractivity contribution in [3.05, 3.63) is 59.2 Å². The summed E-state index contributed by atoms with van der Waals surface area (Å²) in [6, 6.07) is 13.6. The standard InChI is InChI=1S/C20H24N2O2S/c1-5-13(2)15-8-10-17(11-9-15)21-20(25)22-18-12-16(19(23)24-4)7-6-14(18)3/h6-13H,5H2,1-4H3,(H2,21,22,25)/t13-/m1/s1. The number of carbonyl (C=O) groups is 1. The smallest absolute Gasteiger partial charge is 0.337 e. The summed E-state index contributed by atoms with van der Waals surface area (Å²) < 4.78 is 4.76. The summed E-state index contributed by atoms with van der Waals surface area (Å²) in [7, 11) is 1.37. The van der Waals surface area contributed by atoms with E-state index in [2.05, 4.69) is 36.6 Å². The summed E-state index contributed by atoms with van der Waals surface area (Å²) in [5, 5.41) is 6.78. The third-order valence-electron chi connectivity index (χ3n) is 4.26. The predicted octanol–water partition coefficient (Wildman–Crippen LogP) is 5.10. The minimum absolute atomic E-state index is 0.373. The molecule has 1 atom stereocenters. The van der Waals surface area contributed by atoms with Crippen LogP contribution in [0.25, 0.3) is 0 Å². The highest BCUT2D eigenvalue weighted by molar-refractivity contribution is 7.80. The Balaban J connectivity index is 2.06. The van der Waals surface area contributed by atoms with Gasteiger partial charge in [0.1, 0.15) is 0 Å². The van der Waals surface area contributed by atoms with Crippen molar-refractivity contribution in [1.82, 2.24) is 0 Å². The fraction of sp³-hybridized carbons (Fsp3) is 0.300. The second kappa shape index (κ2) is 8.62. The van der Waals surface area contributed by atoms with Crippen LogP contribution in [0.1, 0.15) is 47.7 Å². The number of methoxy groups -OCH3 is 1. The number of ether oxygens (including phenoxy) is 1. The lowest BCUT2D eigenvalue weighted by molar-refractivity contribution is 0.0601. The summed E-state index contributed by atoms with van der Waals surface area (Å²) >= 11 is 5.38. The molecule has 2 aromatic rings. The maximum absolute atomic E-state index is 11.7. The van der Waals surface area contributed by atoms with Crippen LogP contribution in [0.5, 0.6) is 0 Å². The number of thiocarbonyl (C=S) groups is 1. The fourth-order valence-electron chi connectivity index (χ4n) is 2.42. The number of rotatable bonds is 5. The van der Waals surface area contributed by atoms with Gasteiger partial charge in [-0.3, -0.25) is 0 Å². The lowest BCUT2D eigenvalue weighted by atomic mass is 9.99. The first-order valence-corrected chi connectivity index (χ1v) is 8.72. The topological polar surface area (TPSA) is 50.4 Å². The molecule has 0 spiro atoms. The SMILES string of the molecule is CC[C@@H](C)c1ccc(NC(=S)Nc2cc(C(=O)OC)ccc2C)cc1. The number of hydrogen-bond donors (Lipinski definition) is 2. The Morgan fingerprint density at radius 3 is 2.44 bits per heavy atom. The Hall–Kier alpha value is -2.40. The zero-order chi connectivity index (χ0) is 18.4. The number of esters is 1. The lowest BCUT2D eigenvalue weighted by Gasteiger charge is -2.14. The summed E-state index contributed by atoms with van der Waals surface area (Å²) in [6.45, 7) is 6.35. The van der Waals surface area contributed by atoms with E-state index in [4.69, 9.17) is 17.0 Å². The van der Waals surface area contributed by atoms with Gasteiger partial charge >= 0.3 is 5.97 Å². The number of carbonyl (C=O) groups excluding carboxylic acids is 1. The van der Waals surface area contributed by atoms with Gasteiger partial charge in [-0.2, -0.15) is 0 Å². The van der Waals surface area contributed by atoms with Crippen LogP contribution < -0.4 is 10.6 Å². The summed E-state index contributed by atoms with van der Waals surface area (Å²) in [4.78, 5) is 11.7. The number of anilines is 2. The maximum atomic E-state index is 11.7. The molecular weight excluding hydrogens is 332 g/mol. The zero-order valence-electron chi connectivity index (χ0n) is 15.1. The minimum atomic E-state index is -0.373. The Morgan fingerprint density at radius 2 is 1.84 bits per heavy atom. The number of aryl methyl sites for hydroxylation is 1. The number of hydrogen-bond acceptors (Lipinski definition) is 3. The normalized spacial score (nSPS) is 11.5. The van der Waals surface area contributed by atoms with Gasteiger partial charge in [0, 0.05) is 11.4 Å². The van der Waals surface area contributed by atoms with E-state index < -0.39 is 0 Å². The molecule has 2 rings (SSSR count). The summed E-state index contributed by atoms with van der Waals surface area (Å²) in [5.74, 6) is 0.172. The Bertz CT molecular complexity index is 757. The van der Waals surface area contributed by atoms with E-state index in [1.807, 2.05) is 25.1 Å². The molecule has 0 saturated heterocycles. The minimum Gasteiger partial charge on any atom is -0.465 e. The second-order valence-corrected chi connectivity index (χ2v) is 6.44. The highest BCUT2D eigenvalue weighted by Crippen LogP contribution is 2.21. The van der Waals surface area contributed by atoms with E-state index in [1.165, 1.54) is 12.7 Å². The van der Waals surface area contributed by atoms with Gasteiger partial charge in [-0.1, -0.05) is 32.0 Å². The van der Waals surface area contributed by atoms with Crippen molar-refractivity contribution in [3.63, 3.8) is 0 Å². The molecule has 4 nitrogen and oxygen atoms in total. The van der Waals surface area contributed by atoms with Gasteiger partial charge in [0.2, 0.25) is 0 Å². The molecule has 0 amide bonds. The van der Waals surface area contributed by atoms with E-state index in [0.717, 1.165) is 23.4 Å². The Kier molecular flexibility index (Phi) is 6.53.